The molecular formula is C18H26N4O. The Morgan fingerprint density at radius 3 is 2.70 bits per heavy atom. The zero-order valence-corrected chi connectivity index (χ0v) is 14.0. The molecule has 1 saturated heterocycles. The van der Waals surface area contributed by atoms with Gasteiger partial charge >= 0.3 is 0 Å². The van der Waals surface area contributed by atoms with Gasteiger partial charge in [0.1, 0.15) is 0 Å². The number of likely N-dealkylation sites (tertiary alicyclic amines) is 1. The molecule has 1 N–H and O–H groups in total. The average molecular weight is 314 g/mol. The molecule has 1 fully saturated rings. The van der Waals surface area contributed by atoms with Crippen molar-refractivity contribution in [3.8, 4) is 0 Å². The molecule has 5 heteroatoms. The molecule has 0 spiro atoms. The second-order valence-corrected chi connectivity index (χ2v) is 6.48. The van der Waals surface area contributed by atoms with E-state index >= 15 is 0 Å². The van der Waals surface area contributed by atoms with Gasteiger partial charge in [0.2, 0.25) is 5.89 Å². The third kappa shape index (κ3) is 4.39. The van der Waals surface area contributed by atoms with E-state index in [2.05, 4.69) is 57.6 Å². The molecule has 23 heavy (non-hydrogen) atoms. The van der Waals surface area contributed by atoms with Crippen molar-refractivity contribution in [1.82, 2.24) is 20.4 Å². The van der Waals surface area contributed by atoms with Crippen molar-refractivity contribution in [2.75, 3.05) is 20.1 Å². The van der Waals surface area contributed by atoms with E-state index in [0.29, 0.717) is 12.0 Å². The lowest BCUT2D eigenvalue weighted by Crippen LogP contribution is -2.32. The van der Waals surface area contributed by atoms with E-state index in [0.717, 1.165) is 50.6 Å². The highest BCUT2D eigenvalue weighted by atomic mass is 16.5. The fourth-order valence-corrected chi connectivity index (χ4v) is 3.07. The SMILES string of the molecule is CNC(C)Cc1noc(C2CCN(Cc3ccccc3)CC2)n1. The minimum atomic E-state index is 0.369. The molecule has 1 aliphatic heterocycles. The molecule has 0 aliphatic carbocycles. The first-order valence-corrected chi connectivity index (χ1v) is 8.50. The number of hydrogen-bond donors (Lipinski definition) is 1. The average Bonchev–Trinajstić information content (AvgIpc) is 3.05. The van der Waals surface area contributed by atoms with Crippen molar-refractivity contribution in [3.63, 3.8) is 0 Å². The zero-order chi connectivity index (χ0) is 16.1. The minimum Gasteiger partial charge on any atom is -0.339 e. The maximum atomic E-state index is 5.50. The highest BCUT2D eigenvalue weighted by molar-refractivity contribution is 5.14. The van der Waals surface area contributed by atoms with Gasteiger partial charge in [0, 0.05) is 24.9 Å². The van der Waals surface area contributed by atoms with Crippen LogP contribution in [0.2, 0.25) is 0 Å². The van der Waals surface area contributed by atoms with E-state index in [-0.39, 0.29) is 0 Å². The van der Waals surface area contributed by atoms with Gasteiger partial charge < -0.3 is 9.84 Å². The summed E-state index contributed by atoms with van der Waals surface area (Å²) in [7, 11) is 1.95. The molecule has 124 valence electrons. The van der Waals surface area contributed by atoms with Crippen LogP contribution in [0.1, 0.15) is 43.0 Å². The summed E-state index contributed by atoms with van der Waals surface area (Å²) in [5.74, 6) is 2.05. The predicted molar refractivity (Wildman–Crippen MR) is 90.2 cm³/mol. The van der Waals surface area contributed by atoms with Gasteiger partial charge in [-0.1, -0.05) is 35.5 Å². The summed E-state index contributed by atoms with van der Waals surface area (Å²) in [6.45, 7) is 5.33. The first-order chi connectivity index (χ1) is 11.2. The zero-order valence-electron chi connectivity index (χ0n) is 14.0. The number of nitrogens with one attached hydrogen (secondary N) is 1. The predicted octanol–water partition coefficient (Wildman–Crippen LogP) is 2.60. The first kappa shape index (κ1) is 16.1. The fourth-order valence-electron chi connectivity index (χ4n) is 3.07. The van der Waals surface area contributed by atoms with Crippen molar-refractivity contribution in [1.29, 1.82) is 0 Å². The van der Waals surface area contributed by atoms with Crippen molar-refractivity contribution in [2.45, 2.75) is 44.7 Å². The summed E-state index contributed by atoms with van der Waals surface area (Å²) in [5.41, 5.74) is 1.38. The molecule has 1 aliphatic rings. The molecule has 5 nitrogen and oxygen atoms in total. The Morgan fingerprint density at radius 2 is 2.00 bits per heavy atom. The van der Waals surface area contributed by atoms with E-state index in [1.54, 1.807) is 0 Å². The maximum absolute atomic E-state index is 5.50. The highest BCUT2D eigenvalue weighted by Gasteiger charge is 2.25. The second kappa shape index (κ2) is 7.70. The number of rotatable bonds is 6. The van der Waals surface area contributed by atoms with Crippen LogP contribution in [-0.4, -0.2) is 41.2 Å². The van der Waals surface area contributed by atoms with Crippen LogP contribution in [0.5, 0.6) is 0 Å². The summed E-state index contributed by atoms with van der Waals surface area (Å²) in [5, 5.41) is 7.33. The molecule has 1 unspecified atom stereocenters. The van der Waals surface area contributed by atoms with Gasteiger partial charge in [-0.25, -0.2) is 0 Å². The monoisotopic (exact) mass is 314 g/mol. The van der Waals surface area contributed by atoms with Crippen LogP contribution >= 0.6 is 0 Å². The Kier molecular flexibility index (Phi) is 5.41. The number of piperidine rings is 1. The Morgan fingerprint density at radius 1 is 1.26 bits per heavy atom. The molecule has 3 rings (SSSR count). The van der Waals surface area contributed by atoms with Gasteiger partial charge in [-0.2, -0.15) is 4.98 Å². The lowest BCUT2D eigenvalue weighted by Gasteiger charge is -2.30. The Hall–Kier alpha value is -1.72. The number of nitrogens with zero attached hydrogens (tertiary/aromatic N) is 3. The highest BCUT2D eigenvalue weighted by Crippen LogP contribution is 2.27. The maximum Gasteiger partial charge on any atom is 0.229 e. The van der Waals surface area contributed by atoms with Crippen LogP contribution in [0, 0.1) is 0 Å². The quantitative estimate of drug-likeness (QED) is 0.888. The third-order valence-corrected chi connectivity index (χ3v) is 4.65. The van der Waals surface area contributed by atoms with E-state index < -0.39 is 0 Å². The molecule has 0 saturated carbocycles. The molecule has 0 radical (unpaired) electrons. The van der Waals surface area contributed by atoms with Crippen LogP contribution in [0.4, 0.5) is 0 Å². The number of aromatic nitrogens is 2. The second-order valence-electron chi connectivity index (χ2n) is 6.48. The molecule has 1 aromatic heterocycles. The topological polar surface area (TPSA) is 54.2 Å². The van der Waals surface area contributed by atoms with Crippen LogP contribution in [-0.2, 0) is 13.0 Å². The van der Waals surface area contributed by atoms with Gasteiger partial charge in [0.05, 0.1) is 0 Å². The number of benzene rings is 1. The smallest absolute Gasteiger partial charge is 0.229 e. The number of hydrogen-bond acceptors (Lipinski definition) is 5. The fraction of sp³-hybridized carbons (Fsp3) is 0.556. The third-order valence-electron chi connectivity index (χ3n) is 4.65. The van der Waals surface area contributed by atoms with E-state index in [1.807, 2.05) is 7.05 Å². The summed E-state index contributed by atoms with van der Waals surface area (Å²) >= 11 is 0. The standard InChI is InChI=1S/C18H26N4O/c1-14(19-2)12-17-20-18(23-21-17)16-8-10-22(11-9-16)13-15-6-4-3-5-7-15/h3-7,14,16,19H,8-13H2,1-2H3. The molecule has 0 amide bonds. The van der Waals surface area contributed by atoms with Gasteiger partial charge in [-0.05, 0) is 45.5 Å². The van der Waals surface area contributed by atoms with Crippen molar-refractivity contribution >= 4 is 0 Å². The molecule has 2 aromatic rings. The van der Waals surface area contributed by atoms with Gasteiger partial charge in [-0.3, -0.25) is 4.90 Å². The summed E-state index contributed by atoms with van der Waals surface area (Å²) in [6, 6.07) is 11.0. The van der Waals surface area contributed by atoms with Gasteiger partial charge in [-0.15, -0.1) is 0 Å². The van der Waals surface area contributed by atoms with Crippen LogP contribution < -0.4 is 5.32 Å². The van der Waals surface area contributed by atoms with Crippen LogP contribution in [0.25, 0.3) is 0 Å². The molecule has 1 aromatic carbocycles. The van der Waals surface area contributed by atoms with Crippen LogP contribution in [0.15, 0.2) is 34.9 Å². The Labute approximate surface area is 138 Å². The lowest BCUT2D eigenvalue weighted by atomic mass is 9.96. The largest absolute Gasteiger partial charge is 0.339 e. The Bertz CT molecular complexity index is 590. The van der Waals surface area contributed by atoms with Crippen molar-refractivity contribution in [3.05, 3.63) is 47.6 Å². The first-order valence-electron chi connectivity index (χ1n) is 8.50. The van der Waals surface area contributed by atoms with Gasteiger partial charge in [0.25, 0.3) is 0 Å². The summed E-state index contributed by atoms with van der Waals surface area (Å²) < 4.78 is 5.50. The van der Waals surface area contributed by atoms with Gasteiger partial charge in [0.15, 0.2) is 5.82 Å². The molecule has 0 bridgehead atoms. The summed E-state index contributed by atoms with van der Waals surface area (Å²) in [4.78, 5) is 7.10. The van der Waals surface area contributed by atoms with E-state index in [1.165, 1.54) is 5.56 Å². The van der Waals surface area contributed by atoms with Crippen molar-refractivity contribution in [2.24, 2.45) is 0 Å². The molecule has 1 atom stereocenters. The Balaban J connectivity index is 1.51. The number of likely N-dealkylation sites (N-methyl/N-ethyl adjacent to an activating group) is 1. The van der Waals surface area contributed by atoms with E-state index in [4.69, 9.17) is 4.52 Å². The summed E-state index contributed by atoms with van der Waals surface area (Å²) in [6.07, 6.45) is 3.00. The molecule has 2 heterocycles. The normalized spacial score (nSPS) is 18.2. The minimum absolute atomic E-state index is 0.369. The van der Waals surface area contributed by atoms with Crippen LogP contribution in [0.3, 0.4) is 0 Å². The lowest BCUT2D eigenvalue weighted by molar-refractivity contribution is 0.187. The molecular weight excluding hydrogens is 288 g/mol. The van der Waals surface area contributed by atoms with E-state index in [9.17, 15) is 0 Å². The van der Waals surface area contributed by atoms with Crippen molar-refractivity contribution < 1.29 is 4.52 Å².